The van der Waals surface area contributed by atoms with Gasteiger partial charge < -0.3 is 19.7 Å². The molecule has 0 aromatic rings. The van der Waals surface area contributed by atoms with Crippen LogP contribution < -0.4 is 5.32 Å². The molecular formula is C8H14N2O4. The molecule has 1 N–H and O–H groups in total. The Morgan fingerprint density at radius 2 is 2.14 bits per heavy atom. The third-order valence-corrected chi connectivity index (χ3v) is 2.01. The zero-order chi connectivity index (χ0) is 10.6. The molecule has 1 heterocycles. The van der Waals surface area contributed by atoms with Crippen LogP contribution in [0.5, 0.6) is 0 Å². The average molecular weight is 202 g/mol. The molecular weight excluding hydrogens is 188 g/mol. The molecule has 80 valence electrons. The van der Waals surface area contributed by atoms with E-state index >= 15 is 0 Å². The summed E-state index contributed by atoms with van der Waals surface area (Å²) in [6.07, 6.45) is -0.0496. The summed E-state index contributed by atoms with van der Waals surface area (Å²) < 4.78 is 9.57. The fourth-order valence-corrected chi connectivity index (χ4v) is 1.11. The van der Waals surface area contributed by atoms with Crippen molar-refractivity contribution in [3.05, 3.63) is 0 Å². The molecule has 2 amide bonds. The van der Waals surface area contributed by atoms with Crippen LogP contribution in [-0.4, -0.2) is 56.9 Å². The number of hydrogen-bond donors (Lipinski definition) is 1. The van der Waals surface area contributed by atoms with E-state index in [0.717, 1.165) is 0 Å². The second-order valence-corrected chi connectivity index (χ2v) is 2.97. The quantitative estimate of drug-likeness (QED) is 0.608. The second-order valence-electron chi connectivity index (χ2n) is 2.97. The van der Waals surface area contributed by atoms with E-state index in [-0.39, 0.29) is 18.7 Å². The Labute approximate surface area is 82.1 Å². The van der Waals surface area contributed by atoms with Gasteiger partial charge in [-0.1, -0.05) is 0 Å². The molecule has 6 nitrogen and oxygen atoms in total. The van der Waals surface area contributed by atoms with E-state index in [0.29, 0.717) is 13.1 Å². The maximum atomic E-state index is 11.0. The highest BCUT2D eigenvalue weighted by atomic mass is 16.6. The van der Waals surface area contributed by atoms with Crippen molar-refractivity contribution in [3.8, 4) is 0 Å². The van der Waals surface area contributed by atoms with Crippen LogP contribution in [0.1, 0.15) is 0 Å². The van der Waals surface area contributed by atoms with Gasteiger partial charge in [-0.15, -0.1) is 0 Å². The van der Waals surface area contributed by atoms with Gasteiger partial charge in [-0.2, -0.15) is 0 Å². The molecule has 0 unspecified atom stereocenters. The Balaban J connectivity index is 2.10. The fraction of sp³-hybridized carbons (Fsp3) is 0.750. The summed E-state index contributed by atoms with van der Waals surface area (Å²) in [5.74, 6) is -0.400. The number of methoxy groups -OCH3 is 1. The molecule has 0 saturated carbocycles. The predicted octanol–water partition coefficient (Wildman–Crippen LogP) is -0.800. The molecule has 0 atom stereocenters. The molecule has 0 spiro atoms. The Hall–Kier alpha value is -1.30. The highest BCUT2D eigenvalue weighted by molar-refractivity contribution is 5.74. The third-order valence-electron chi connectivity index (χ3n) is 2.01. The SMILES string of the molecule is CNC(=O)N1CC(OCC(=O)OC)C1. The maximum absolute atomic E-state index is 11.0. The van der Waals surface area contributed by atoms with Gasteiger partial charge in [-0.3, -0.25) is 0 Å². The lowest BCUT2D eigenvalue weighted by Crippen LogP contribution is -2.57. The van der Waals surface area contributed by atoms with E-state index in [1.807, 2.05) is 0 Å². The lowest BCUT2D eigenvalue weighted by Gasteiger charge is -2.38. The van der Waals surface area contributed by atoms with Gasteiger partial charge >= 0.3 is 12.0 Å². The summed E-state index contributed by atoms with van der Waals surface area (Å²) >= 11 is 0. The van der Waals surface area contributed by atoms with Gasteiger partial charge in [0, 0.05) is 7.05 Å². The van der Waals surface area contributed by atoms with E-state index in [9.17, 15) is 9.59 Å². The zero-order valence-corrected chi connectivity index (χ0v) is 8.28. The van der Waals surface area contributed by atoms with Gasteiger partial charge in [0.2, 0.25) is 0 Å². The number of nitrogens with one attached hydrogen (secondary N) is 1. The number of urea groups is 1. The summed E-state index contributed by atoms with van der Waals surface area (Å²) in [4.78, 5) is 23.3. The normalized spacial score (nSPS) is 16.0. The summed E-state index contributed by atoms with van der Waals surface area (Å²) in [6.45, 7) is 0.996. The first-order valence-electron chi connectivity index (χ1n) is 4.32. The minimum Gasteiger partial charge on any atom is -0.467 e. The molecule has 14 heavy (non-hydrogen) atoms. The molecule has 0 aromatic carbocycles. The van der Waals surface area contributed by atoms with Crippen LogP contribution in [0, 0.1) is 0 Å². The van der Waals surface area contributed by atoms with Gasteiger partial charge in [0.15, 0.2) is 0 Å². The van der Waals surface area contributed by atoms with Gasteiger partial charge in [0.25, 0.3) is 0 Å². The van der Waals surface area contributed by atoms with E-state index in [4.69, 9.17) is 4.74 Å². The summed E-state index contributed by atoms with van der Waals surface area (Å²) in [6, 6.07) is -0.122. The summed E-state index contributed by atoms with van der Waals surface area (Å²) in [5.41, 5.74) is 0. The van der Waals surface area contributed by atoms with Crippen LogP contribution >= 0.6 is 0 Å². The van der Waals surface area contributed by atoms with Crippen LogP contribution in [0.15, 0.2) is 0 Å². The number of carbonyl (C=O) groups is 2. The molecule has 1 rings (SSSR count). The molecule has 1 aliphatic heterocycles. The van der Waals surface area contributed by atoms with Gasteiger partial charge in [-0.25, -0.2) is 9.59 Å². The molecule has 1 fully saturated rings. The Kier molecular flexibility index (Phi) is 3.70. The lowest BCUT2D eigenvalue weighted by molar-refractivity contribution is -0.150. The second kappa shape index (κ2) is 4.80. The summed E-state index contributed by atoms with van der Waals surface area (Å²) in [7, 11) is 2.88. The number of nitrogens with zero attached hydrogens (tertiary/aromatic N) is 1. The van der Waals surface area contributed by atoms with Crippen molar-refractivity contribution < 1.29 is 19.1 Å². The molecule has 6 heteroatoms. The molecule has 1 saturated heterocycles. The van der Waals surface area contributed by atoms with Crippen molar-refractivity contribution in [2.75, 3.05) is 33.9 Å². The molecule has 0 bridgehead atoms. The van der Waals surface area contributed by atoms with Crippen molar-refractivity contribution in [3.63, 3.8) is 0 Å². The number of esters is 1. The minimum absolute atomic E-state index is 0.0496. The van der Waals surface area contributed by atoms with Gasteiger partial charge in [0.1, 0.15) is 6.61 Å². The topological polar surface area (TPSA) is 67.9 Å². The highest BCUT2D eigenvalue weighted by Crippen LogP contribution is 2.11. The first-order valence-corrected chi connectivity index (χ1v) is 4.32. The van der Waals surface area contributed by atoms with E-state index in [1.54, 1.807) is 11.9 Å². The van der Waals surface area contributed by atoms with E-state index in [1.165, 1.54) is 7.11 Å². The molecule has 1 aliphatic rings. The van der Waals surface area contributed by atoms with Crippen LogP contribution in [0.2, 0.25) is 0 Å². The standard InChI is InChI=1S/C8H14N2O4/c1-9-8(12)10-3-6(4-10)14-5-7(11)13-2/h6H,3-5H2,1-2H3,(H,9,12). The van der Waals surface area contributed by atoms with Crippen molar-refractivity contribution in [2.24, 2.45) is 0 Å². The van der Waals surface area contributed by atoms with E-state index in [2.05, 4.69) is 10.1 Å². The van der Waals surface area contributed by atoms with Crippen LogP contribution in [0.25, 0.3) is 0 Å². The predicted molar refractivity (Wildman–Crippen MR) is 47.8 cm³/mol. The van der Waals surface area contributed by atoms with Crippen LogP contribution in [0.3, 0.4) is 0 Å². The molecule has 0 radical (unpaired) electrons. The maximum Gasteiger partial charge on any atom is 0.331 e. The van der Waals surface area contributed by atoms with Gasteiger partial charge in [0.05, 0.1) is 26.3 Å². The lowest BCUT2D eigenvalue weighted by atomic mass is 10.2. The van der Waals surface area contributed by atoms with Crippen molar-refractivity contribution in [1.29, 1.82) is 0 Å². The third kappa shape index (κ3) is 2.59. The van der Waals surface area contributed by atoms with Crippen molar-refractivity contribution >= 4 is 12.0 Å². The van der Waals surface area contributed by atoms with Crippen LogP contribution in [0.4, 0.5) is 4.79 Å². The van der Waals surface area contributed by atoms with Gasteiger partial charge in [-0.05, 0) is 0 Å². The zero-order valence-electron chi connectivity index (χ0n) is 8.28. The van der Waals surface area contributed by atoms with Crippen molar-refractivity contribution in [2.45, 2.75) is 6.10 Å². The Morgan fingerprint density at radius 3 is 2.64 bits per heavy atom. The number of ether oxygens (including phenoxy) is 2. The highest BCUT2D eigenvalue weighted by Gasteiger charge is 2.31. The Morgan fingerprint density at radius 1 is 1.50 bits per heavy atom. The number of hydrogen-bond acceptors (Lipinski definition) is 4. The first kappa shape index (κ1) is 10.8. The number of amides is 2. The average Bonchev–Trinajstić information content (AvgIpc) is 2.14. The Bertz CT molecular complexity index is 223. The van der Waals surface area contributed by atoms with Crippen LogP contribution in [-0.2, 0) is 14.3 Å². The fourth-order valence-electron chi connectivity index (χ4n) is 1.11. The number of carbonyl (C=O) groups excluding carboxylic acids is 2. The molecule has 0 aromatic heterocycles. The monoisotopic (exact) mass is 202 g/mol. The number of rotatable bonds is 3. The molecule has 0 aliphatic carbocycles. The first-order chi connectivity index (χ1) is 6.67. The van der Waals surface area contributed by atoms with Crippen molar-refractivity contribution in [1.82, 2.24) is 10.2 Å². The largest absolute Gasteiger partial charge is 0.467 e. The minimum atomic E-state index is -0.400. The smallest absolute Gasteiger partial charge is 0.331 e. The summed E-state index contributed by atoms with van der Waals surface area (Å²) in [5, 5.41) is 2.50. The number of likely N-dealkylation sites (tertiary alicyclic amines) is 1. The van der Waals surface area contributed by atoms with E-state index < -0.39 is 5.97 Å².